The molecule has 4 N–H and O–H groups in total. The maximum absolute atomic E-state index is 11.6. The molecule has 0 aliphatic heterocycles. The quantitative estimate of drug-likeness (QED) is 0.494. The fourth-order valence-electron chi connectivity index (χ4n) is 1.77. The van der Waals surface area contributed by atoms with E-state index in [1.807, 2.05) is 6.92 Å². The van der Waals surface area contributed by atoms with Crippen LogP contribution in [0.1, 0.15) is 33.6 Å². The molecule has 0 bridgehead atoms. The summed E-state index contributed by atoms with van der Waals surface area (Å²) < 4.78 is 0. The minimum absolute atomic E-state index is 0.0809. The number of nitrogens with one attached hydrogen (secondary N) is 2. The Morgan fingerprint density at radius 3 is 2.39 bits per heavy atom. The van der Waals surface area contributed by atoms with Crippen LogP contribution in [0.4, 0.5) is 0 Å². The van der Waals surface area contributed by atoms with Crippen molar-refractivity contribution < 1.29 is 4.79 Å². The molecule has 0 aromatic rings. The molecule has 0 radical (unpaired) electrons. The Labute approximate surface area is 111 Å². The Morgan fingerprint density at radius 1 is 1.22 bits per heavy atom. The summed E-state index contributed by atoms with van der Waals surface area (Å²) in [5.41, 5.74) is 5.68. The summed E-state index contributed by atoms with van der Waals surface area (Å²) in [6.07, 6.45) is 1.43. The summed E-state index contributed by atoms with van der Waals surface area (Å²) in [5.74, 6) is 0.0858. The third-order valence-electron chi connectivity index (χ3n) is 3.04. The van der Waals surface area contributed by atoms with Crippen molar-refractivity contribution in [2.75, 3.05) is 39.3 Å². The fraction of sp³-hybridized carbons (Fsp3) is 0.923. The highest BCUT2D eigenvalue weighted by Crippen LogP contribution is 1.91. The van der Waals surface area contributed by atoms with Gasteiger partial charge in [-0.05, 0) is 19.5 Å². The molecule has 0 heterocycles. The lowest BCUT2D eigenvalue weighted by Gasteiger charge is -2.21. The van der Waals surface area contributed by atoms with Gasteiger partial charge in [0.05, 0.1) is 0 Å². The Bertz CT molecular complexity index is 207. The van der Waals surface area contributed by atoms with Crippen LogP contribution in [0.2, 0.25) is 0 Å². The lowest BCUT2D eigenvalue weighted by atomic mass is 10.2. The molecule has 0 aliphatic carbocycles. The molecule has 0 fully saturated rings. The number of hydrogen-bond donors (Lipinski definition) is 3. The first-order valence-corrected chi connectivity index (χ1v) is 7.10. The van der Waals surface area contributed by atoms with Crippen molar-refractivity contribution in [3.05, 3.63) is 0 Å². The Balaban J connectivity index is 3.79. The van der Waals surface area contributed by atoms with Crippen LogP contribution in [0.5, 0.6) is 0 Å². The molecule has 1 atom stereocenters. The van der Waals surface area contributed by atoms with E-state index in [4.69, 9.17) is 5.73 Å². The third kappa shape index (κ3) is 8.44. The summed E-state index contributed by atoms with van der Waals surface area (Å²) >= 11 is 0. The van der Waals surface area contributed by atoms with Crippen molar-refractivity contribution in [2.24, 2.45) is 5.73 Å². The van der Waals surface area contributed by atoms with Crippen molar-refractivity contribution >= 4 is 5.91 Å². The van der Waals surface area contributed by atoms with E-state index in [-0.39, 0.29) is 11.9 Å². The minimum atomic E-state index is 0.0809. The topological polar surface area (TPSA) is 70.4 Å². The van der Waals surface area contributed by atoms with E-state index < -0.39 is 0 Å². The molecule has 0 saturated carbocycles. The Kier molecular flexibility index (Phi) is 11.0. The van der Waals surface area contributed by atoms with Crippen LogP contribution in [-0.4, -0.2) is 56.1 Å². The molecule has 0 saturated heterocycles. The summed E-state index contributed by atoms with van der Waals surface area (Å²) in [6.45, 7) is 11.6. The predicted octanol–water partition coefficient (Wildman–Crippen LogP) is 0.161. The molecule has 1 amide bonds. The Hall–Kier alpha value is -0.650. The number of likely N-dealkylation sites (N-methyl/N-ethyl adjacent to an activating group) is 1. The Morgan fingerprint density at radius 2 is 1.89 bits per heavy atom. The lowest BCUT2D eigenvalue weighted by Crippen LogP contribution is -2.43. The van der Waals surface area contributed by atoms with Gasteiger partial charge >= 0.3 is 0 Å². The number of carbonyl (C=O) groups is 1. The van der Waals surface area contributed by atoms with E-state index in [0.29, 0.717) is 13.0 Å². The molecule has 5 heteroatoms. The second-order valence-corrected chi connectivity index (χ2v) is 4.47. The molecule has 5 nitrogen and oxygen atoms in total. The van der Waals surface area contributed by atoms with Gasteiger partial charge < -0.3 is 21.3 Å². The zero-order valence-electron chi connectivity index (χ0n) is 12.2. The van der Waals surface area contributed by atoms with Gasteiger partial charge in [-0.15, -0.1) is 0 Å². The first kappa shape index (κ1) is 17.4. The van der Waals surface area contributed by atoms with Crippen LogP contribution < -0.4 is 16.4 Å². The van der Waals surface area contributed by atoms with Gasteiger partial charge in [-0.25, -0.2) is 0 Å². The molecule has 108 valence electrons. The number of rotatable bonds is 11. The number of amides is 1. The van der Waals surface area contributed by atoms with E-state index in [1.165, 1.54) is 0 Å². The summed E-state index contributed by atoms with van der Waals surface area (Å²) in [5, 5.41) is 6.22. The van der Waals surface area contributed by atoms with Crippen molar-refractivity contribution in [2.45, 2.75) is 39.7 Å². The summed E-state index contributed by atoms with van der Waals surface area (Å²) in [6, 6.07) is 0.0809. The normalized spacial score (nSPS) is 12.7. The van der Waals surface area contributed by atoms with Gasteiger partial charge in [0.2, 0.25) is 5.91 Å². The highest BCUT2D eigenvalue weighted by molar-refractivity contribution is 5.76. The second-order valence-electron chi connectivity index (χ2n) is 4.47. The largest absolute Gasteiger partial charge is 0.356 e. The van der Waals surface area contributed by atoms with Gasteiger partial charge in [-0.3, -0.25) is 4.79 Å². The fourth-order valence-corrected chi connectivity index (χ4v) is 1.77. The molecular weight excluding hydrogens is 228 g/mol. The van der Waals surface area contributed by atoms with Gasteiger partial charge in [0.25, 0.3) is 0 Å². The molecule has 18 heavy (non-hydrogen) atoms. The van der Waals surface area contributed by atoms with Crippen LogP contribution in [0.3, 0.4) is 0 Å². The first-order chi connectivity index (χ1) is 8.67. The SMILES string of the molecule is CCCNC(=O)CC(CN)NCCN(CC)CC. The van der Waals surface area contributed by atoms with Gasteiger partial charge in [0.15, 0.2) is 0 Å². The van der Waals surface area contributed by atoms with Gasteiger partial charge in [0.1, 0.15) is 0 Å². The maximum atomic E-state index is 11.6. The summed E-state index contributed by atoms with van der Waals surface area (Å²) in [4.78, 5) is 13.9. The zero-order chi connectivity index (χ0) is 13.8. The lowest BCUT2D eigenvalue weighted by molar-refractivity contribution is -0.121. The van der Waals surface area contributed by atoms with Gasteiger partial charge in [0, 0.05) is 38.6 Å². The van der Waals surface area contributed by atoms with Crippen molar-refractivity contribution in [3.8, 4) is 0 Å². The van der Waals surface area contributed by atoms with E-state index in [2.05, 4.69) is 29.4 Å². The molecule has 0 aromatic carbocycles. The molecule has 1 unspecified atom stereocenters. The molecule has 0 aromatic heterocycles. The smallest absolute Gasteiger partial charge is 0.221 e. The summed E-state index contributed by atoms with van der Waals surface area (Å²) in [7, 11) is 0. The number of hydrogen-bond acceptors (Lipinski definition) is 4. The van der Waals surface area contributed by atoms with Crippen LogP contribution >= 0.6 is 0 Å². The highest BCUT2D eigenvalue weighted by atomic mass is 16.1. The minimum Gasteiger partial charge on any atom is -0.356 e. The number of carbonyl (C=O) groups excluding carboxylic acids is 1. The van der Waals surface area contributed by atoms with Crippen LogP contribution in [-0.2, 0) is 4.79 Å². The first-order valence-electron chi connectivity index (χ1n) is 7.10. The second kappa shape index (κ2) is 11.4. The third-order valence-corrected chi connectivity index (χ3v) is 3.04. The van der Waals surface area contributed by atoms with E-state index in [9.17, 15) is 4.79 Å². The van der Waals surface area contributed by atoms with Crippen LogP contribution in [0.15, 0.2) is 0 Å². The van der Waals surface area contributed by atoms with E-state index in [0.717, 1.165) is 39.1 Å². The number of nitrogens with zero attached hydrogens (tertiary/aromatic N) is 1. The number of nitrogens with two attached hydrogens (primary N) is 1. The van der Waals surface area contributed by atoms with Crippen molar-refractivity contribution in [1.29, 1.82) is 0 Å². The average Bonchev–Trinajstić information content (AvgIpc) is 2.39. The van der Waals surface area contributed by atoms with Crippen molar-refractivity contribution in [3.63, 3.8) is 0 Å². The van der Waals surface area contributed by atoms with Crippen LogP contribution in [0.25, 0.3) is 0 Å². The molecule has 0 aliphatic rings. The zero-order valence-corrected chi connectivity index (χ0v) is 12.2. The van der Waals surface area contributed by atoms with Gasteiger partial charge in [-0.2, -0.15) is 0 Å². The van der Waals surface area contributed by atoms with Crippen molar-refractivity contribution in [1.82, 2.24) is 15.5 Å². The van der Waals surface area contributed by atoms with E-state index >= 15 is 0 Å². The van der Waals surface area contributed by atoms with Crippen LogP contribution in [0, 0.1) is 0 Å². The predicted molar refractivity (Wildman–Crippen MR) is 76.6 cm³/mol. The molecule has 0 spiro atoms. The monoisotopic (exact) mass is 258 g/mol. The molecule has 0 rings (SSSR count). The molecular formula is C13H30N4O. The standard InChI is InChI=1S/C13H30N4O/c1-4-7-16-13(18)10-12(11-14)15-8-9-17(5-2)6-3/h12,15H,4-11,14H2,1-3H3,(H,16,18). The van der Waals surface area contributed by atoms with Gasteiger partial charge in [-0.1, -0.05) is 20.8 Å². The van der Waals surface area contributed by atoms with E-state index in [1.54, 1.807) is 0 Å². The maximum Gasteiger partial charge on any atom is 0.221 e. The average molecular weight is 258 g/mol. The highest BCUT2D eigenvalue weighted by Gasteiger charge is 2.11.